The molecule has 1 aliphatic heterocycles. The van der Waals surface area contributed by atoms with Gasteiger partial charge in [-0.3, -0.25) is 9.59 Å². The van der Waals surface area contributed by atoms with Crippen LogP contribution in [0.2, 0.25) is 0 Å². The van der Waals surface area contributed by atoms with Gasteiger partial charge in [-0.25, -0.2) is 0 Å². The van der Waals surface area contributed by atoms with Crippen molar-refractivity contribution < 1.29 is 9.59 Å². The minimum atomic E-state index is -0.289. The van der Waals surface area contributed by atoms with Crippen LogP contribution in [0.4, 0.5) is 5.69 Å². The van der Waals surface area contributed by atoms with Gasteiger partial charge in [0.05, 0.1) is 5.92 Å². The average Bonchev–Trinajstić information content (AvgIpc) is 3.02. The molecule has 4 heteroatoms. The van der Waals surface area contributed by atoms with Gasteiger partial charge < -0.3 is 10.2 Å². The van der Waals surface area contributed by atoms with E-state index in [0.29, 0.717) is 13.1 Å². The van der Waals surface area contributed by atoms with Crippen LogP contribution in [-0.4, -0.2) is 18.4 Å². The van der Waals surface area contributed by atoms with Gasteiger partial charge >= 0.3 is 0 Å². The van der Waals surface area contributed by atoms with Gasteiger partial charge in [0.25, 0.3) is 0 Å². The first kappa shape index (κ1) is 17.2. The van der Waals surface area contributed by atoms with Crippen LogP contribution in [0, 0.1) is 12.8 Å². The highest BCUT2D eigenvalue weighted by molar-refractivity contribution is 6.00. The van der Waals surface area contributed by atoms with Gasteiger partial charge in [0.15, 0.2) is 0 Å². The van der Waals surface area contributed by atoms with E-state index in [-0.39, 0.29) is 24.2 Å². The second-order valence-corrected chi connectivity index (χ2v) is 6.63. The Hall–Kier alpha value is -2.62. The maximum atomic E-state index is 12.4. The van der Waals surface area contributed by atoms with E-state index in [0.717, 1.165) is 23.2 Å². The van der Waals surface area contributed by atoms with Gasteiger partial charge in [-0.2, -0.15) is 0 Å². The molecule has 2 aromatic carbocycles. The fourth-order valence-corrected chi connectivity index (χ4v) is 3.15. The highest BCUT2D eigenvalue weighted by Gasteiger charge is 2.34. The summed E-state index contributed by atoms with van der Waals surface area (Å²) < 4.78 is 0. The predicted octanol–water partition coefficient (Wildman–Crippen LogP) is 3.23. The summed E-state index contributed by atoms with van der Waals surface area (Å²) in [5.74, 6) is -0.330. The number of rotatable bonds is 5. The fraction of sp³-hybridized carbons (Fsp3) is 0.333. The topological polar surface area (TPSA) is 49.4 Å². The molecule has 130 valence electrons. The van der Waals surface area contributed by atoms with Gasteiger partial charge in [-0.15, -0.1) is 0 Å². The number of anilines is 1. The maximum absolute atomic E-state index is 12.4. The molecular weight excluding hydrogens is 312 g/mol. The molecule has 2 aromatic rings. The van der Waals surface area contributed by atoms with Crippen molar-refractivity contribution in [2.24, 2.45) is 5.92 Å². The van der Waals surface area contributed by atoms with Crippen molar-refractivity contribution in [2.45, 2.75) is 33.2 Å². The first-order chi connectivity index (χ1) is 12.1. The largest absolute Gasteiger partial charge is 0.352 e. The van der Waals surface area contributed by atoms with E-state index < -0.39 is 0 Å². The van der Waals surface area contributed by atoms with Gasteiger partial charge in [-0.1, -0.05) is 43.3 Å². The summed E-state index contributed by atoms with van der Waals surface area (Å²) in [6.07, 6.45) is 1.28. The van der Waals surface area contributed by atoms with Gasteiger partial charge in [-0.05, 0) is 42.2 Å². The number of aryl methyl sites for hydroxylation is 2. The van der Waals surface area contributed by atoms with E-state index in [1.54, 1.807) is 4.90 Å². The Bertz CT molecular complexity index is 768. The third-order valence-corrected chi connectivity index (χ3v) is 4.71. The maximum Gasteiger partial charge on any atom is 0.227 e. The monoisotopic (exact) mass is 336 g/mol. The third-order valence-electron chi connectivity index (χ3n) is 4.71. The molecule has 1 atom stereocenters. The Morgan fingerprint density at radius 3 is 2.56 bits per heavy atom. The van der Waals surface area contributed by atoms with E-state index in [9.17, 15) is 9.59 Å². The number of carbonyl (C=O) groups excluding carboxylic acids is 2. The molecule has 25 heavy (non-hydrogen) atoms. The van der Waals surface area contributed by atoms with Gasteiger partial charge in [0.2, 0.25) is 11.8 Å². The molecule has 1 saturated heterocycles. The van der Waals surface area contributed by atoms with Crippen molar-refractivity contribution in [1.82, 2.24) is 5.32 Å². The highest BCUT2D eigenvalue weighted by atomic mass is 16.2. The summed E-state index contributed by atoms with van der Waals surface area (Å²) in [5.41, 5.74) is 4.33. The van der Waals surface area contributed by atoms with Crippen molar-refractivity contribution >= 4 is 17.5 Å². The Morgan fingerprint density at radius 2 is 1.88 bits per heavy atom. The van der Waals surface area contributed by atoms with Crippen LogP contribution in [0.15, 0.2) is 48.5 Å². The molecule has 1 fully saturated rings. The van der Waals surface area contributed by atoms with Crippen LogP contribution < -0.4 is 10.2 Å². The lowest BCUT2D eigenvalue weighted by Crippen LogP contribution is -2.32. The molecule has 1 N–H and O–H groups in total. The number of hydrogen-bond donors (Lipinski definition) is 1. The Kier molecular flexibility index (Phi) is 5.17. The van der Waals surface area contributed by atoms with Crippen molar-refractivity contribution in [2.75, 3.05) is 11.4 Å². The predicted molar refractivity (Wildman–Crippen MR) is 99.3 cm³/mol. The molecule has 1 heterocycles. The summed E-state index contributed by atoms with van der Waals surface area (Å²) in [7, 11) is 0. The normalized spacial score (nSPS) is 17.0. The van der Waals surface area contributed by atoms with Crippen LogP contribution in [0.1, 0.15) is 30.0 Å². The minimum Gasteiger partial charge on any atom is -0.352 e. The molecule has 0 saturated carbocycles. The highest BCUT2D eigenvalue weighted by Crippen LogP contribution is 2.25. The Morgan fingerprint density at radius 1 is 1.16 bits per heavy atom. The summed E-state index contributed by atoms with van der Waals surface area (Å²) in [4.78, 5) is 26.4. The first-order valence-electron chi connectivity index (χ1n) is 8.79. The lowest BCUT2D eigenvalue weighted by atomic mass is 10.1. The molecule has 0 spiro atoms. The van der Waals surface area contributed by atoms with Crippen molar-refractivity contribution in [3.8, 4) is 0 Å². The van der Waals surface area contributed by atoms with Crippen LogP contribution in [-0.2, 0) is 22.6 Å². The molecule has 3 rings (SSSR count). The minimum absolute atomic E-state index is 0.0121. The van der Waals surface area contributed by atoms with Gasteiger partial charge in [0, 0.05) is 25.2 Å². The second kappa shape index (κ2) is 7.51. The molecule has 0 aromatic heterocycles. The molecule has 1 aliphatic rings. The molecule has 0 bridgehead atoms. The molecule has 0 radical (unpaired) electrons. The zero-order valence-corrected chi connectivity index (χ0v) is 14.8. The lowest BCUT2D eigenvalue weighted by Gasteiger charge is -2.17. The number of nitrogens with one attached hydrogen (secondary N) is 1. The van der Waals surface area contributed by atoms with Crippen molar-refractivity contribution in [3.63, 3.8) is 0 Å². The van der Waals surface area contributed by atoms with Crippen molar-refractivity contribution in [1.29, 1.82) is 0 Å². The Labute approximate surface area is 148 Å². The standard InChI is InChI=1S/C21H24N2O2/c1-3-16-7-9-17(10-8-16)13-22-21(25)18-12-20(24)23(14-18)19-6-4-5-15(2)11-19/h4-11,18H,3,12-14H2,1-2H3,(H,22,25)/t18-/m0/s1. The third kappa shape index (κ3) is 4.08. The van der Waals surface area contributed by atoms with E-state index in [2.05, 4.69) is 24.4 Å². The van der Waals surface area contributed by atoms with E-state index in [1.165, 1.54) is 5.56 Å². The zero-order valence-electron chi connectivity index (χ0n) is 14.8. The van der Waals surface area contributed by atoms with Gasteiger partial charge in [0.1, 0.15) is 0 Å². The smallest absolute Gasteiger partial charge is 0.227 e. The van der Waals surface area contributed by atoms with E-state index in [4.69, 9.17) is 0 Å². The van der Waals surface area contributed by atoms with E-state index in [1.807, 2.05) is 43.3 Å². The zero-order chi connectivity index (χ0) is 17.8. The van der Waals surface area contributed by atoms with Crippen LogP contribution in [0.3, 0.4) is 0 Å². The quantitative estimate of drug-likeness (QED) is 0.911. The summed E-state index contributed by atoms with van der Waals surface area (Å²) in [6.45, 7) is 5.06. The summed E-state index contributed by atoms with van der Waals surface area (Å²) in [5, 5.41) is 2.96. The molecule has 0 unspecified atom stereocenters. The first-order valence-corrected chi connectivity index (χ1v) is 8.79. The number of hydrogen-bond acceptors (Lipinski definition) is 2. The average molecular weight is 336 g/mol. The van der Waals surface area contributed by atoms with Crippen molar-refractivity contribution in [3.05, 3.63) is 65.2 Å². The molecule has 4 nitrogen and oxygen atoms in total. The molecule has 0 aliphatic carbocycles. The summed E-state index contributed by atoms with van der Waals surface area (Å²) in [6, 6.07) is 16.1. The Balaban J connectivity index is 1.58. The second-order valence-electron chi connectivity index (χ2n) is 6.63. The SMILES string of the molecule is CCc1ccc(CNC(=O)[C@H]2CC(=O)N(c3cccc(C)c3)C2)cc1. The van der Waals surface area contributed by atoms with Crippen LogP contribution >= 0.6 is 0 Å². The summed E-state index contributed by atoms with van der Waals surface area (Å²) >= 11 is 0. The lowest BCUT2D eigenvalue weighted by molar-refractivity contribution is -0.126. The fourth-order valence-electron chi connectivity index (χ4n) is 3.15. The number of benzene rings is 2. The number of amides is 2. The van der Waals surface area contributed by atoms with Crippen LogP contribution in [0.25, 0.3) is 0 Å². The number of nitrogens with zero attached hydrogens (tertiary/aromatic N) is 1. The van der Waals surface area contributed by atoms with E-state index >= 15 is 0 Å². The number of carbonyl (C=O) groups is 2. The molecule has 2 amide bonds. The molecular formula is C21H24N2O2. The van der Waals surface area contributed by atoms with Crippen LogP contribution in [0.5, 0.6) is 0 Å².